The highest BCUT2D eigenvalue weighted by Gasteiger charge is 2.51. The van der Waals surface area contributed by atoms with Crippen LogP contribution in [0.5, 0.6) is 0 Å². The monoisotopic (exact) mass is 1730 g/mol. The topological polar surface area (TPSA) is 11.4 Å². The van der Waals surface area contributed by atoms with Crippen LogP contribution in [0.4, 0.5) is 34.1 Å². The molecule has 0 spiro atoms. The van der Waals surface area contributed by atoms with Gasteiger partial charge in [-0.2, -0.15) is 0 Å². The van der Waals surface area contributed by atoms with Crippen LogP contribution in [0.3, 0.4) is 0 Å². The highest BCUT2D eigenvalue weighted by atomic mass is 28.3. The fourth-order valence-electron chi connectivity index (χ4n) is 22.4. The van der Waals surface area contributed by atoms with E-state index in [0.29, 0.717) is 0 Å². The molecule has 0 N–H and O–H groups in total. The zero-order chi connectivity index (χ0) is 87.8. The molecule has 622 valence electrons. The number of aromatic nitrogens is 1. The Hall–Kier alpha value is -14.5. The van der Waals surface area contributed by atoms with Crippen molar-refractivity contribution in [2.75, 3.05) is 9.80 Å². The molecule has 3 nitrogen and oxygen atoms in total. The van der Waals surface area contributed by atoms with Gasteiger partial charge in [0, 0.05) is 44.9 Å². The number of hydrogen-bond donors (Lipinski definition) is 0. The average molecular weight is 1730 g/mol. The minimum atomic E-state index is -3.31. The Bertz CT molecular complexity index is 6700. The summed E-state index contributed by atoms with van der Waals surface area (Å²) >= 11 is 0. The second kappa shape index (κ2) is 33.0. The molecule has 1 aromatic heterocycles. The van der Waals surface area contributed by atoms with Crippen LogP contribution in [0.1, 0.15) is 52.7 Å². The molecule has 0 aliphatic carbocycles. The maximum atomic E-state index is 2.76. The molecule has 2 aliphatic heterocycles. The van der Waals surface area contributed by atoms with Crippen LogP contribution in [0.25, 0.3) is 27.5 Å². The number of rotatable bonds is 19. The standard InChI is InChI=1S/C122H100BN3Si4/c1-121(2,3)89-73-79-114-110(81-89)111-82-90(122(4,5)6)74-80-115(111)126(114)93-85-118-120-119(86-93)125(92-46-44-72-107(84-92)128(97-53-25-10-26-54-97,98-55-27-11-28-56-98)99-57-29-12-30-58-99)117-88-109(130(103-65-37-16-38-66-103,104-67-39-17-40-68-104)105-69-41-18-42-70-105)76-78-113(117)123(120)112-77-75-108(129(100-59-31-13-32-60-100,101-61-33-14-34-62-101)102-63-35-15-36-64-102)87-116(112)124(118)91-45-43-71-106(83-91)127(94-47-19-7-20-48-94,95-49-21-8-22-50-95)96-51-23-9-24-52-96/h7-88H,1-6H3. The molecule has 0 unspecified atom stereocenters. The molecule has 0 bridgehead atoms. The third-order valence-electron chi connectivity index (χ3n) is 28.2. The summed E-state index contributed by atoms with van der Waals surface area (Å²) in [6.45, 7) is 13.8. The van der Waals surface area contributed by atoms with E-state index in [-0.39, 0.29) is 17.5 Å². The van der Waals surface area contributed by atoms with Gasteiger partial charge in [0.25, 0.3) is 6.71 Å². The second-order valence-electron chi connectivity index (χ2n) is 37.3. The molecule has 0 saturated carbocycles. The van der Waals surface area contributed by atoms with Gasteiger partial charge < -0.3 is 14.4 Å². The van der Waals surface area contributed by atoms with Crippen molar-refractivity contribution in [3.63, 3.8) is 0 Å². The van der Waals surface area contributed by atoms with E-state index in [4.69, 9.17) is 0 Å². The van der Waals surface area contributed by atoms with E-state index >= 15 is 0 Å². The minimum absolute atomic E-state index is 0.133. The molecule has 2 aliphatic rings. The molecule has 3 heterocycles. The van der Waals surface area contributed by atoms with Crippen molar-refractivity contribution in [3.8, 4) is 5.69 Å². The first-order chi connectivity index (χ1) is 63.8. The van der Waals surface area contributed by atoms with Crippen LogP contribution < -0.4 is 109 Å². The number of fused-ring (bicyclic) bond motifs is 7. The van der Waals surface area contributed by atoms with Crippen molar-refractivity contribution < 1.29 is 0 Å². The quantitative estimate of drug-likeness (QED) is 0.0590. The predicted molar refractivity (Wildman–Crippen MR) is 567 cm³/mol. The van der Waals surface area contributed by atoms with Gasteiger partial charge in [-0.25, -0.2) is 0 Å². The Kier molecular flexibility index (Phi) is 20.6. The van der Waals surface area contributed by atoms with Crippen molar-refractivity contribution >= 4 is 194 Å². The number of nitrogens with zero attached hydrogens (tertiary/aromatic N) is 3. The Morgan fingerprint density at radius 2 is 0.408 bits per heavy atom. The molecule has 8 heteroatoms. The summed E-state index contributed by atoms with van der Waals surface area (Å²) in [7, 11) is -13.1. The Morgan fingerprint density at radius 1 is 0.185 bits per heavy atom. The maximum absolute atomic E-state index is 3.31. The van der Waals surface area contributed by atoms with Gasteiger partial charge in [-0.05, 0) is 194 Å². The van der Waals surface area contributed by atoms with Crippen molar-refractivity contribution in [2.45, 2.75) is 52.4 Å². The molecule has 22 rings (SSSR count). The van der Waals surface area contributed by atoms with E-state index in [1.54, 1.807) is 0 Å². The van der Waals surface area contributed by atoms with Crippen molar-refractivity contribution in [3.05, 3.63) is 509 Å². The Balaban J connectivity index is 0.935. The van der Waals surface area contributed by atoms with E-state index in [2.05, 4.69) is 553 Å². The smallest absolute Gasteiger partial charge is 0.252 e. The summed E-state index contributed by atoms with van der Waals surface area (Å²) in [5, 5.41) is 23.4. The first kappa shape index (κ1) is 81.3. The summed E-state index contributed by atoms with van der Waals surface area (Å²) in [5.41, 5.74) is 16.1. The van der Waals surface area contributed by atoms with Crippen LogP contribution >= 0.6 is 0 Å². The fourth-order valence-corrected chi connectivity index (χ4v) is 41.5. The number of benzene rings is 19. The number of hydrogen-bond acceptors (Lipinski definition) is 2. The van der Waals surface area contributed by atoms with Gasteiger partial charge in [0.05, 0.1) is 16.7 Å². The van der Waals surface area contributed by atoms with Crippen LogP contribution in [0, 0.1) is 0 Å². The van der Waals surface area contributed by atoms with Gasteiger partial charge in [-0.3, -0.25) is 0 Å². The highest BCUT2D eigenvalue weighted by Crippen LogP contribution is 2.48. The molecule has 20 aromatic rings. The number of anilines is 6. The van der Waals surface area contributed by atoms with E-state index < -0.39 is 32.3 Å². The lowest BCUT2D eigenvalue weighted by Gasteiger charge is -2.46. The van der Waals surface area contributed by atoms with Gasteiger partial charge >= 0.3 is 0 Å². The van der Waals surface area contributed by atoms with Crippen LogP contribution in [0.2, 0.25) is 0 Å². The van der Waals surface area contributed by atoms with Gasteiger partial charge in [0.2, 0.25) is 0 Å². The van der Waals surface area contributed by atoms with E-state index in [1.807, 2.05) is 0 Å². The Morgan fingerprint density at radius 3 is 0.638 bits per heavy atom. The van der Waals surface area contributed by atoms with Crippen LogP contribution in [-0.2, 0) is 10.8 Å². The maximum Gasteiger partial charge on any atom is 0.252 e. The van der Waals surface area contributed by atoms with Gasteiger partial charge in [-0.15, -0.1) is 0 Å². The lowest BCUT2D eigenvalue weighted by Crippen LogP contribution is -2.75. The SMILES string of the molecule is CC(C)(C)c1ccc2c(c1)c1cc(C(C)(C)C)ccc1n2-c1cc2c3c(c1)N(c1cccc([Si](c4ccccc4)(c4ccccc4)c4ccccc4)c1)c1cc([Si](c4ccccc4)(c4ccccc4)c4ccccc4)ccc1B3c1ccc([Si](c3ccccc3)(c3ccccc3)c3ccccc3)cc1N2c1cccc([Si](c2ccccc2)(c2ccccc2)c2ccccc2)c1. The lowest BCUT2D eigenvalue weighted by molar-refractivity contribution is 0.590. The third kappa shape index (κ3) is 13.2. The summed E-state index contributed by atoms with van der Waals surface area (Å²) in [6, 6.07) is 194. The molecular weight excluding hydrogens is 1630 g/mol. The summed E-state index contributed by atoms with van der Waals surface area (Å²) in [6.07, 6.45) is 0. The molecule has 130 heavy (non-hydrogen) atoms. The molecule has 0 fully saturated rings. The Labute approximate surface area is 769 Å². The van der Waals surface area contributed by atoms with Crippen molar-refractivity contribution in [1.82, 2.24) is 4.57 Å². The van der Waals surface area contributed by atoms with E-state index in [9.17, 15) is 0 Å². The molecular formula is C122H100BN3Si4. The second-order valence-corrected chi connectivity index (χ2v) is 52.6. The van der Waals surface area contributed by atoms with Crippen molar-refractivity contribution in [2.24, 2.45) is 0 Å². The zero-order valence-corrected chi connectivity index (χ0v) is 78.3. The third-order valence-corrected chi connectivity index (χ3v) is 47.3. The largest absolute Gasteiger partial charge is 0.311 e. The molecule has 0 saturated heterocycles. The molecule has 0 radical (unpaired) electrons. The summed E-state index contributed by atoms with van der Waals surface area (Å²) in [5.74, 6) is 0. The molecule has 19 aromatic carbocycles. The van der Waals surface area contributed by atoms with Crippen molar-refractivity contribution in [1.29, 1.82) is 0 Å². The first-order valence-corrected chi connectivity index (χ1v) is 53.8. The first-order valence-electron chi connectivity index (χ1n) is 45.8. The summed E-state index contributed by atoms with van der Waals surface area (Å²) in [4.78, 5) is 5.52. The van der Waals surface area contributed by atoms with E-state index in [0.717, 1.165) is 50.8 Å². The van der Waals surface area contributed by atoms with Gasteiger partial charge in [0.1, 0.15) is 0 Å². The van der Waals surface area contributed by atoms with Gasteiger partial charge in [-0.1, -0.05) is 466 Å². The van der Waals surface area contributed by atoms with E-state index in [1.165, 1.54) is 121 Å². The van der Waals surface area contributed by atoms with Crippen LogP contribution in [-0.4, -0.2) is 43.6 Å². The lowest BCUT2D eigenvalue weighted by atomic mass is 9.33. The van der Waals surface area contributed by atoms with Crippen LogP contribution in [0.15, 0.2) is 497 Å². The minimum Gasteiger partial charge on any atom is -0.311 e. The zero-order valence-electron chi connectivity index (χ0n) is 74.3. The predicted octanol–water partition coefficient (Wildman–Crippen LogP) is 17.0. The molecule has 0 atom stereocenters. The fraction of sp³-hybridized carbons (Fsp3) is 0.0656. The average Bonchev–Trinajstić information content (AvgIpc) is 0.843. The van der Waals surface area contributed by atoms with Gasteiger partial charge in [0.15, 0.2) is 32.3 Å². The highest BCUT2D eigenvalue weighted by molar-refractivity contribution is 7.22. The summed E-state index contributed by atoms with van der Waals surface area (Å²) < 4.78 is 2.64. The normalized spacial score (nSPS) is 12.8. The molecule has 0 amide bonds.